The first-order valence-corrected chi connectivity index (χ1v) is 20.4. The van der Waals surface area contributed by atoms with Gasteiger partial charge < -0.3 is 49.4 Å². The number of carbonyl (C=O) groups excluding carboxylic acids is 5. The molecule has 3 aromatic rings. The van der Waals surface area contributed by atoms with Crippen LogP contribution in [0.5, 0.6) is 5.75 Å². The summed E-state index contributed by atoms with van der Waals surface area (Å²) in [6, 6.07) is 18.8. The number of benzene rings is 3. The minimum atomic E-state index is -1.58. The lowest BCUT2D eigenvalue weighted by molar-refractivity contribution is -0.148. The van der Waals surface area contributed by atoms with Gasteiger partial charge in [-0.05, 0) is 61.2 Å². The van der Waals surface area contributed by atoms with Crippen LogP contribution >= 0.6 is 0 Å². The molecule has 7 atom stereocenters. The number of aliphatic hydroxyl groups excluding tert-OH is 2. The van der Waals surface area contributed by atoms with Crippen molar-refractivity contribution in [3.05, 3.63) is 113 Å². The Bertz CT molecular complexity index is 2270. The number of rotatable bonds is 14. The predicted molar refractivity (Wildman–Crippen MR) is 226 cm³/mol. The van der Waals surface area contributed by atoms with Crippen LogP contribution < -0.4 is 15.4 Å². The van der Waals surface area contributed by atoms with E-state index in [1.165, 1.54) is 18.7 Å². The maximum atomic E-state index is 13.9. The van der Waals surface area contributed by atoms with E-state index in [9.17, 15) is 34.2 Å². The molecule has 16 heteroatoms. The zero-order chi connectivity index (χ0) is 44.9. The average molecular weight is 855 g/mol. The van der Waals surface area contributed by atoms with Crippen molar-refractivity contribution < 1.29 is 57.9 Å². The lowest BCUT2D eigenvalue weighted by Crippen LogP contribution is -2.49. The molecule has 4 heterocycles. The fraction of sp³-hybridized carbons (Fsp3) is 0.413. The van der Waals surface area contributed by atoms with Gasteiger partial charge in [0.15, 0.2) is 11.9 Å². The van der Waals surface area contributed by atoms with Crippen LogP contribution in [0.1, 0.15) is 55.6 Å². The largest absolute Gasteiger partial charge is 0.513 e. The summed E-state index contributed by atoms with van der Waals surface area (Å²) in [6.45, 7) is 15.0. The van der Waals surface area contributed by atoms with Gasteiger partial charge in [-0.1, -0.05) is 54.6 Å². The predicted octanol–water partition coefficient (Wildman–Crippen LogP) is 3.75. The van der Waals surface area contributed by atoms with Crippen LogP contribution in [0.2, 0.25) is 0 Å². The number of piperidine rings is 1. The van der Waals surface area contributed by atoms with Crippen molar-refractivity contribution in [3.8, 4) is 5.75 Å². The molecule has 0 aliphatic carbocycles. The van der Waals surface area contributed by atoms with E-state index in [1.807, 2.05) is 19.1 Å². The minimum absolute atomic E-state index is 0.0319. The highest BCUT2D eigenvalue weighted by atomic mass is 16.6. The Morgan fingerprint density at radius 3 is 2.37 bits per heavy atom. The molecule has 4 aliphatic heterocycles. The van der Waals surface area contributed by atoms with Gasteiger partial charge in [-0.15, -0.1) is 6.58 Å². The fourth-order valence-corrected chi connectivity index (χ4v) is 7.78. The lowest BCUT2D eigenvalue weighted by atomic mass is 9.99. The van der Waals surface area contributed by atoms with E-state index in [4.69, 9.17) is 23.7 Å². The van der Waals surface area contributed by atoms with Gasteiger partial charge in [0.2, 0.25) is 6.10 Å². The van der Waals surface area contributed by atoms with Gasteiger partial charge in [0.25, 0.3) is 11.8 Å². The quantitative estimate of drug-likeness (QED) is 0.0600. The Hall–Kier alpha value is -6.07. The standard InChI is InChI=1S/C31H33N3O11.C15H21NO/c1-14-7-6-8-18-19(14)9-17(42-5)10-20(18)30(41)45-27(31(4)13-43-31)29(40)33-23(28(39)32-21(12-35)15(2)36)24-26(44-16(3)37)25(38)22-11-34(22)24;1-3-7-15-12-16(10-13(2)17-15)11-14-8-5-4-6-9-14/h6-10,12,22,25-27,35,38H,11,13H2,1-5H3,(H,32,39)(H,33,40);3-6,8-9,13,15H,1,7,10-12H2,2H3/b21-12-,24-23+;/t22-,25+,26+,27+,31-,34?;/m0./s1. The number of fused-ring (bicyclic) bond motifs is 2. The molecule has 62 heavy (non-hydrogen) atoms. The van der Waals surface area contributed by atoms with E-state index < -0.39 is 70.9 Å². The van der Waals surface area contributed by atoms with Crippen molar-refractivity contribution in [2.75, 3.05) is 33.4 Å². The molecule has 4 N–H and O–H groups in total. The number of morpholine rings is 1. The molecule has 4 aliphatic rings. The van der Waals surface area contributed by atoms with Crippen LogP contribution in [0.4, 0.5) is 0 Å². The van der Waals surface area contributed by atoms with E-state index in [0.29, 0.717) is 29.6 Å². The molecule has 3 aromatic carbocycles. The maximum Gasteiger partial charge on any atom is 0.339 e. The summed E-state index contributed by atoms with van der Waals surface area (Å²) in [7, 11) is 1.46. The number of methoxy groups -OCH3 is 1. The Labute approximate surface area is 360 Å². The van der Waals surface area contributed by atoms with E-state index in [1.54, 1.807) is 30.0 Å². The van der Waals surface area contributed by atoms with E-state index in [-0.39, 0.29) is 24.4 Å². The topological polar surface area (TPSA) is 206 Å². The number of nitrogens with one attached hydrogen (secondary N) is 2. The number of hydrogen-bond acceptors (Lipinski definition) is 14. The molecular formula is C46H54N4O12. The van der Waals surface area contributed by atoms with Gasteiger partial charge >= 0.3 is 11.9 Å². The molecule has 0 radical (unpaired) electrons. The maximum absolute atomic E-state index is 13.9. The van der Waals surface area contributed by atoms with Gasteiger partial charge in [-0.3, -0.25) is 24.1 Å². The number of aliphatic hydroxyl groups is 2. The number of aryl methyl sites for hydroxylation is 1. The van der Waals surface area contributed by atoms with E-state index in [2.05, 4.69) is 59.4 Å². The fourth-order valence-electron chi connectivity index (χ4n) is 7.78. The third-order valence-electron chi connectivity index (χ3n) is 11.1. The Morgan fingerprint density at radius 1 is 1.02 bits per heavy atom. The van der Waals surface area contributed by atoms with Crippen LogP contribution in [0.25, 0.3) is 10.8 Å². The molecule has 0 aromatic heterocycles. The van der Waals surface area contributed by atoms with E-state index in [0.717, 1.165) is 50.9 Å². The van der Waals surface area contributed by atoms with Crippen molar-refractivity contribution in [2.45, 2.75) is 89.7 Å². The van der Waals surface area contributed by atoms with Crippen molar-refractivity contribution >= 4 is 40.3 Å². The molecule has 4 fully saturated rings. The molecule has 2 amide bonds. The van der Waals surface area contributed by atoms with Gasteiger partial charge in [0.1, 0.15) is 35.1 Å². The van der Waals surface area contributed by atoms with Gasteiger partial charge in [-0.25, -0.2) is 4.79 Å². The highest BCUT2D eigenvalue weighted by Crippen LogP contribution is 2.42. The highest BCUT2D eigenvalue weighted by Gasteiger charge is 2.59. The average Bonchev–Trinajstić information content (AvgIpc) is 4.17. The summed E-state index contributed by atoms with van der Waals surface area (Å²) >= 11 is 0. The molecule has 4 saturated heterocycles. The number of allylic oxidation sites excluding steroid dienone is 1. The number of nitrogens with zero attached hydrogens (tertiary/aromatic N) is 2. The van der Waals surface area contributed by atoms with Gasteiger partial charge in [0.05, 0.1) is 43.2 Å². The zero-order valence-corrected chi connectivity index (χ0v) is 35.7. The molecule has 0 saturated carbocycles. The number of ketones is 1. The van der Waals surface area contributed by atoms with Crippen LogP contribution in [0.15, 0.2) is 96.7 Å². The minimum Gasteiger partial charge on any atom is -0.513 e. The molecule has 16 nitrogen and oxygen atoms in total. The smallest absolute Gasteiger partial charge is 0.339 e. The number of Topliss-reactive ketones (excluding diaryl/α,β-unsaturated/α-hetero) is 1. The number of hydrogen-bond donors (Lipinski definition) is 4. The summed E-state index contributed by atoms with van der Waals surface area (Å²) in [5.74, 6) is -3.95. The van der Waals surface area contributed by atoms with Crippen molar-refractivity contribution in [1.82, 2.24) is 20.4 Å². The number of esters is 2. The molecule has 0 bridgehead atoms. The second kappa shape index (κ2) is 19.3. The second-order valence-electron chi connectivity index (χ2n) is 16.0. The Balaban J connectivity index is 0.000000314. The normalized spacial score (nSPS) is 25.2. The summed E-state index contributed by atoms with van der Waals surface area (Å²) < 4.78 is 27.8. The van der Waals surface area contributed by atoms with Gasteiger partial charge in [-0.2, -0.15) is 0 Å². The third kappa shape index (κ3) is 10.5. The van der Waals surface area contributed by atoms with Crippen LogP contribution in [-0.2, 0) is 44.7 Å². The number of epoxide rings is 1. The van der Waals surface area contributed by atoms with E-state index >= 15 is 0 Å². The Morgan fingerprint density at radius 2 is 1.74 bits per heavy atom. The van der Waals surface area contributed by atoms with Crippen LogP contribution in [0.3, 0.4) is 0 Å². The molecule has 2 unspecified atom stereocenters. The highest BCUT2D eigenvalue weighted by molar-refractivity contribution is 6.08. The SMILES string of the molecule is C=CCC1CN(Cc2ccccc2)CC(C)O1.COc1cc(C(=O)O[C@H](C(=O)N/C(C(=O)N/C(=C\O)C(C)=O)=C2\[C@@H](OC(C)=O)[C@H](O)[C@@H]3CN23)[C@]2(C)CO2)c2cccc(C)c2c1. The molecule has 7 rings (SSSR count). The molecule has 330 valence electrons. The molecule has 0 spiro atoms. The third-order valence-corrected chi connectivity index (χ3v) is 11.1. The summed E-state index contributed by atoms with van der Waals surface area (Å²) in [4.78, 5) is 68.9. The van der Waals surface area contributed by atoms with Gasteiger partial charge in [0, 0.05) is 40.0 Å². The van der Waals surface area contributed by atoms with Crippen LogP contribution in [-0.4, -0.2) is 125 Å². The lowest BCUT2D eigenvalue weighted by Gasteiger charge is -2.36. The Kier molecular flexibility index (Phi) is 14.2. The first-order valence-electron chi connectivity index (χ1n) is 20.4. The summed E-state index contributed by atoms with van der Waals surface area (Å²) in [6.07, 6.45) is -0.227. The summed E-state index contributed by atoms with van der Waals surface area (Å²) in [5, 5.41) is 26.2. The first kappa shape index (κ1) is 45.5. The first-order chi connectivity index (χ1) is 29.6. The van der Waals surface area contributed by atoms with Crippen molar-refractivity contribution in [2.24, 2.45) is 0 Å². The number of ether oxygens (including phenoxy) is 5. The second-order valence-corrected chi connectivity index (χ2v) is 16.0. The number of amides is 2. The summed E-state index contributed by atoms with van der Waals surface area (Å²) in [5.41, 5.74) is 0.127. The van der Waals surface area contributed by atoms with Crippen LogP contribution in [0, 0.1) is 6.92 Å². The monoisotopic (exact) mass is 854 g/mol. The zero-order valence-electron chi connectivity index (χ0n) is 35.7. The van der Waals surface area contributed by atoms with Crippen molar-refractivity contribution in [3.63, 3.8) is 0 Å². The number of carbonyl (C=O) groups is 5. The van der Waals surface area contributed by atoms with Crippen molar-refractivity contribution in [1.29, 1.82) is 0 Å². The molecular weight excluding hydrogens is 801 g/mol.